The Bertz CT molecular complexity index is 595. The number of carbonyl (C=O) groups is 1. The van der Waals surface area contributed by atoms with Gasteiger partial charge < -0.3 is 24.8 Å². The zero-order valence-electron chi connectivity index (χ0n) is 12.6. The van der Waals surface area contributed by atoms with Gasteiger partial charge in [0.2, 0.25) is 6.29 Å². The van der Waals surface area contributed by atoms with Gasteiger partial charge in [0.25, 0.3) is 5.69 Å². The molecule has 132 valence electrons. The second kappa shape index (κ2) is 7.90. The summed E-state index contributed by atoms with van der Waals surface area (Å²) in [6.07, 6.45) is -6.61. The Morgan fingerprint density at radius 2 is 1.88 bits per heavy atom. The summed E-state index contributed by atoms with van der Waals surface area (Å²) in [6.45, 7) is 1.36. The molecule has 1 aliphatic rings. The van der Waals surface area contributed by atoms with Gasteiger partial charge in [-0.3, -0.25) is 14.9 Å². The molecule has 5 atom stereocenters. The number of aliphatic hydroxyl groups excluding tert-OH is 3. The van der Waals surface area contributed by atoms with E-state index in [9.17, 15) is 30.2 Å². The van der Waals surface area contributed by atoms with Crippen LogP contribution in [0.4, 0.5) is 5.69 Å². The summed E-state index contributed by atoms with van der Waals surface area (Å²) in [7, 11) is 0. The largest absolute Gasteiger partial charge is 0.462 e. The van der Waals surface area contributed by atoms with Crippen molar-refractivity contribution < 1.29 is 34.5 Å². The van der Waals surface area contributed by atoms with Gasteiger partial charge in [0.15, 0.2) is 5.12 Å². The van der Waals surface area contributed by atoms with Gasteiger partial charge in [-0.2, -0.15) is 0 Å². The number of aliphatic hydroxyl groups is 3. The van der Waals surface area contributed by atoms with E-state index in [-0.39, 0.29) is 22.3 Å². The van der Waals surface area contributed by atoms with Crippen molar-refractivity contribution in [3.63, 3.8) is 0 Å². The fraction of sp³-hybridized carbons (Fsp3) is 0.500. The molecule has 9 nitrogen and oxygen atoms in total. The van der Waals surface area contributed by atoms with E-state index in [1.165, 1.54) is 31.2 Å². The number of rotatable bonds is 5. The second-order valence-corrected chi connectivity index (χ2v) is 6.38. The third-order valence-corrected chi connectivity index (χ3v) is 4.32. The molecule has 1 saturated heterocycles. The molecule has 1 heterocycles. The van der Waals surface area contributed by atoms with E-state index < -0.39 is 35.6 Å². The van der Waals surface area contributed by atoms with Crippen molar-refractivity contribution in [1.82, 2.24) is 0 Å². The number of non-ortho nitro benzene ring substituents is 1. The molecule has 1 aromatic rings. The van der Waals surface area contributed by atoms with E-state index in [2.05, 4.69) is 0 Å². The highest BCUT2D eigenvalue weighted by Crippen LogP contribution is 2.27. The lowest BCUT2D eigenvalue weighted by atomic mass is 10.00. The van der Waals surface area contributed by atoms with Crippen molar-refractivity contribution in [3.8, 4) is 5.75 Å². The molecule has 24 heavy (non-hydrogen) atoms. The van der Waals surface area contributed by atoms with Gasteiger partial charge in [0, 0.05) is 24.8 Å². The van der Waals surface area contributed by atoms with E-state index >= 15 is 0 Å². The van der Waals surface area contributed by atoms with Crippen LogP contribution in [-0.2, 0) is 9.53 Å². The van der Waals surface area contributed by atoms with Gasteiger partial charge in [0.05, 0.1) is 11.0 Å². The van der Waals surface area contributed by atoms with Crippen LogP contribution in [0.2, 0.25) is 0 Å². The molecule has 10 heteroatoms. The first-order valence-corrected chi connectivity index (χ1v) is 8.02. The summed E-state index contributed by atoms with van der Waals surface area (Å²) < 4.78 is 10.8. The fourth-order valence-electron chi connectivity index (χ4n) is 2.13. The van der Waals surface area contributed by atoms with Crippen molar-refractivity contribution >= 4 is 22.6 Å². The smallest absolute Gasteiger partial charge is 0.269 e. The Labute approximate surface area is 141 Å². The molecule has 1 aliphatic heterocycles. The third kappa shape index (κ3) is 4.42. The first-order chi connectivity index (χ1) is 11.3. The molecular weight excluding hydrogens is 342 g/mol. The van der Waals surface area contributed by atoms with Crippen LogP contribution in [0.5, 0.6) is 5.75 Å². The van der Waals surface area contributed by atoms with Gasteiger partial charge in [0.1, 0.15) is 24.1 Å². The van der Waals surface area contributed by atoms with E-state index in [4.69, 9.17) is 9.47 Å². The molecular formula is C14H17NO8S. The number of hydrogen-bond donors (Lipinski definition) is 3. The maximum atomic E-state index is 11.0. The maximum Gasteiger partial charge on any atom is 0.269 e. The van der Waals surface area contributed by atoms with Crippen molar-refractivity contribution in [2.24, 2.45) is 0 Å². The molecule has 3 N–H and O–H groups in total. The average Bonchev–Trinajstić information content (AvgIpc) is 2.54. The molecule has 0 spiro atoms. The minimum absolute atomic E-state index is 0.0837. The lowest BCUT2D eigenvalue weighted by Crippen LogP contribution is -2.59. The van der Waals surface area contributed by atoms with Gasteiger partial charge in [-0.05, 0) is 12.1 Å². The lowest BCUT2D eigenvalue weighted by Gasteiger charge is -2.40. The van der Waals surface area contributed by atoms with Crippen LogP contribution in [0, 0.1) is 10.1 Å². The zero-order valence-corrected chi connectivity index (χ0v) is 13.5. The number of ether oxygens (including phenoxy) is 2. The first-order valence-electron chi connectivity index (χ1n) is 7.03. The molecule has 1 fully saturated rings. The number of benzene rings is 1. The number of nitro groups is 1. The van der Waals surface area contributed by atoms with Crippen LogP contribution < -0.4 is 4.74 Å². The average molecular weight is 359 g/mol. The Morgan fingerprint density at radius 1 is 1.25 bits per heavy atom. The summed E-state index contributed by atoms with van der Waals surface area (Å²) in [6, 6.07) is 5.09. The lowest BCUT2D eigenvalue weighted by molar-refractivity contribution is -0.384. The zero-order chi connectivity index (χ0) is 17.9. The summed E-state index contributed by atoms with van der Waals surface area (Å²) in [4.78, 5) is 21.1. The number of nitro benzene ring substituents is 1. The Hall–Kier alpha value is -1.72. The topological polar surface area (TPSA) is 139 Å². The van der Waals surface area contributed by atoms with Crippen LogP contribution >= 0.6 is 11.8 Å². The standard InChI is InChI=1S/C14H17NO8S/c1-7(16)24-6-10-11(17)12(18)13(19)14(23-10)22-9-4-2-8(3-5-9)15(20)21/h2-5,10-14,17-19H,6H2,1H3/t10-,11-,12+,13-,14+/m1/s1. The SMILES string of the molecule is CC(=O)SC[C@H]1O[C@H](Oc2ccc([N+](=O)[O-])cc2)[C@H](O)[C@@H](O)[C@@H]1O. The monoisotopic (exact) mass is 359 g/mol. The Balaban J connectivity index is 2.06. The Morgan fingerprint density at radius 3 is 2.42 bits per heavy atom. The van der Waals surface area contributed by atoms with E-state index in [0.717, 1.165) is 11.8 Å². The fourth-order valence-corrected chi connectivity index (χ4v) is 2.81. The van der Waals surface area contributed by atoms with Crippen molar-refractivity contribution in [3.05, 3.63) is 34.4 Å². The van der Waals surface area contributed by atoms with Crippen molar-refractivity contribution in [1.29, 1.82) is 0 Å². The predicted molar refractivity (Wildman–Crippen MR) is 83.5 cm³/mol. The summed E-state index contributed by atoms with van der Waals surface area (Å²) in [5.41, 5.74) is -0.126. The molecule has 0 unspecified atom stereocenters. The molecule has 1 aromatic carbocycles. The number of hydrogen-bond acceptors (Lipinski definition) is 9. The van der Waals surface area contributed by atoms with Crippen LogP contribution in [0.3, 0.4) is 0 Å². The summed E-state index contributed by atoms with van der Waals surface area (Å²) in [5, 5.41) is 40.2. The molecule has 0 saturated carbocycles. The quantitative estimate of drug-likeness (QED) is 0.492. The molecule has 0 bridgehead atoms. The normalized spacial score (nSPS) is 29.9. The van der Waals surface area contributed by atoms with Crippen LogP contribution in [0.15, 0.2) is 24.3 Å². The second-order valence-electron chi connectivity index (χ2n) is 5.19. The minimum Gasteiger partial charge on any atom is -0.462 e. The van der Waals surface area contributed by atoms with Crippen LogP contribution in [-0.4, -0.2) is 61.8 Å². The molecule has 0 radical (unpaired) electrons. The van der Waals surface area contributed by atoms with Gasteiger partial charge in [-0.15, -0.1) is 0 Å². The van der Waals surface area contributed by atoms with Crippen LogP contribution in [0.25, 0.3) is 0 Å². The Kier molecular flexibility index (Phi) is 6.13. The summed E-state index contributed by atoms with van der Waals surface area (Å²) >= 11 is 0.911. The van der Waals surface area contributed by atoms with Gasteiger partial charge in [-0.25, -0.2) is 0 Å². The predicted octanol–water partition coefficient (Wildman–Crippen LogP) is 0.0609. The van der Waals surface area contributed by atoms with Gasteiger partial charge in [-0.1, -0.05) is 11.8 Å². The summed E-state index contributed by atoms with van der Waals surface area (Å²) in [5.74, 6) is 0.270. The number of nitrogens with zero attached hydrogens (tertiary/aromatic N) is 1. The van der Waals surface area contributed by atoms with Gasteiger partial charge >= 0.3 is 0 Å². The highest BCUT2D eigenvalue weighted by atomic mass is 32.2. The first kappa shape index (κ1) is 18.6. The van der Waals surface area contributed by atoms with Crippen molar-refractivity contribution in [2.45, 2.75) is 37.6 Å². The maximum absolute atomic E-state index is 11.0. The van der Waals surface area contributed by atoms with Crippen molar-refractivity contribution in [2.75, 3.05) is 5.75 Å². The number of thioether (sulfide) groups is 1. The van der Waals surface area contributed by atoms with E-state index in [1.807, 2.05) is 0 Å². The molecule has 2 rings (SSSR count). The highest BCUT2D eigenvalue weighted by Gasteiger charge is 2.45. The molecule has 0 aromatic heterocycles. The molecule has 0 aliphatic carbocycles. The molecule has 0 amide bonds. The van der Waals surface area contributed by atoms with Crippen LogP contribution in [0.1, 0.15) is 6.92 Å². The third-order valence-electron chi connectivity index (χ3n) is 3.42. The van der Waals surface area contributed by atoms with E-state index in [1.54, 1.807) is 0 Å². The minimum atomic E-state index is -1.52. The number of carbonyl (C=O) groups excluding carboxylic acids is 1. The van der Waals surface area contributed by atoms with E-state index in [0.29, 0.717) is 0 Å². The highest BCUT2D eigenvalue weighted by molar-refractivity contribution is 8.13.